The molecule has 0 fully saturated rings. The Morgan fingerprint density at radius 2 is 1.81 bits per heavy atom. The van der Waals surface area contributed by atoms with E-state index in [2.05, 4.69) is 4.72 Å². The molecule has 110 valence electrons. The van der Waals surface area contributed by atoms with Crippen LogP contribution in [0.2, 0.25) is 5.02 Å². The number of hydrogen-bond donors (Lipinski definition) is 1. The summed E-state index contributed by atoms with van der Waals surface area (Å²) in [6, 6.07) is 11.0. The zero-order chi connectivity index (χ0) is 15.6. The monoisotopic (exact) mass is 323 g/mol. The molecule has 0 aliphatic heterocycles. The highest BCUT2D eigenvalue weighted by atomic mass is 35.5. The van der Waals surface area contributed by atoms with Gasteiger partial charge in [-0.25, -0.2) is 13.1 Å². The number of hydrogen-bond acceptors (Lipinski definition) is 3. The highest BCUT2D eigenvalue weighted by Crippen LogP contribution is 2.16. The second-order valence-corrected chi connectivity index (χ2v) is 6.83. The molecule has 0 aliphatic carbocycles. The molecule has 0 saturated carbocycles. The van der Waals surface area contributed by atoms with E-state index in [1.807, 2.05) is 0 Å². The van der Waals surface area contributed by atoms with E-state index < -0.39 is 15.9 Å². The van der Waals surface area contributed by atoms with Gasteiger partial charge in [-0.15, -0.1) is 0 Å². The first-order valence-electron chi connectivity index (χ1n) is 6.19. The van der Waals surface area contributed by atoms with E-state index in [-0.39, 0.29) is 10.5 Å². The van der Waals surface area contributed by atoms with Crippen molar-refractivity contribution < 1.29 is 13.2 Å². The van der Waals surface area contributed by atoms with Crippen LogP contribution in [0.25, 0.3) is 0 Å². The van der Waals surface area contributed by atoms with Crippen LogP contribution in [0.1, 0.15) is 21.5 Å². The molecule has 1 N–H and O–H groups in total. The number of carbonyl (C=O) groups excluding carboxylic acids is 1. The van der Waals surface area contributed by atoms with Crippen LogP contribution in [-0.4, -0.2) is 14.3 Å². The third kappa shape index (κ3) is 3.62. The predicted octanol–water partition coefficient (Wildman–Crippen LogP) is 3.08. The van der Waals surface area contributed by atoms with Crippen LogP contribution >= 0.6 is 11.6 Å². The molecule has 1 amide bonds. The van der Waals surface area contributed by atoms with E-state index in [4.69, 9.17) is 11.6 Å². The Morgan fingerprint density at radius 1 is 1.10 bits per heavy atom. The van der Waals surface area contributed by atoms with Crippen LogP contribution < -0.4 is 4.72 Å². The third-order valence-electron chi connectivity index (χ3n) is 2.96. The lowest BCUT2D eigenvalue weighted by molar-refractivity contribution is 0.0981. The minimum atomic E-state index is -3.89. The van der Waals surface area contributed by atoms with Crippen molar-refractivity contribution in [2.75, 3.05) is 0 Å². The van der Waals surface area contributed by atoms with Crippen LogP contribution in [0.4, 0.5) is 0 Å². The minimum Gasteiger partial charge on any atom is -0.268 e. The molecule has 0 bridgehead atoms. The maximum Gasteiger partial charge on any atom is 0.265 e. The van der Waals surface area contributed by atoms with Gasteiger partial charge < -0.3 is 0 Å². The number of aryl methyl sites for hydroxylation is 2. The number of carbonyl (C=O) groups is 1. The first-order valence-corrected chi connectivity index (χ1v) is 8.06. The first-order chi connectivity index (χ1) is 9.79. The van der Waals surface area contributed by atoms with Crippen molar-refractivity contribution in [1.82, 2.24) is 4.72 Å². The fraction of sp³-hybridized carbons (Fsp3) is 0.133. The average Bonchev–Trinajstić information content (AvgIpc) is 2.37. The molecule has 2 aromatic carbocycles. The largest absolute Gasteiger partial charge is 0.268 e. The normalized spacial score (nSPS) is 11.2. The van der Waals surface area contributed by atoms with Gasteiger partial charge in [-0.05, 0) is 55.3 Å². The summed E-state index contributed by atoms with van der Waals surface area (Å²) in [5, 5.41) is 0.491. The van der Waals surface area contributed by atoms with Gasteiger partial charge in [0.05, 0.1) is 4.90 Å². The summed E-state index contributed by atoms with van der Waals surface area (Å²) in [6.07, 6.45) is 0. The summed E-state index contributed by atoms with van der Waals surface area (Å²) in [6.45, 7) is 3.48. The van der Waals surface area contributed by atoms with E-state index in [1.165, 1.54) is 18.2 Å². The Bertz CT molecular complexity index is 800. The number of halogens is 1. The lowest BCUT2D eigenvalue weighted by Crippen LogP contribution is -2.31. The second-order valence-electron chi connectivity index (χ2n) is 4.71. The fourth-order valence-corrected chi connectivity index (χ4v) is 3.20. The van der Waals surface area contributed by atoms with Gasteiger partial charge in [0.1, 0.15) is 0 Å². The summed E-state index contributed by atoms with van der Waals surface area (Å²) in [5.41, 5.74) is 1.68. The zero-order valence-corrected chi connectivity index (χ0v) is 13.1. The van der Waals surface area contributed by atoms with E-state index in [9.17, 15) is 13.2 Å². The second kappa shape index (κ2) is 5.87. The van der Waals surface area contributed by atoms with Crippen molar-refractivity contribution in [3.8, 4) is 0 Å². The van der Waals surface area contributed by atoms with Crippen LogP contribution in [0.15, 0.2) is 47.4 Å². The molecule has 4 nitrogen and oxygen atoms in total. The predicted molar refractivity (Wildman–Crippen MR) is 82.0 cm³/mol. The molecule has 0 aliphatic rings. The lowest BCUT2D eigenvalue weighted by atomic mass is 10.1. The van der Waals surface area contributed by atoms with Crippen LogP contribution in [0.3, 0.4) is 0 Å². The quantitative estimate of drug-likeness (QED) is 0.944. The SMILES string of the molecule is Cc1cccc(S(=O)(=O)NC(=O)c2ccc(Cl)cc2C)c1. The average molecular weight is 324 g/mol. The zero-order valence-electron chi connectivity index (χ0n) is 11.6. The molecule has 0 unspecified atom stereocenters. The highest BCUT2D eigenvalue weighted by molar-refractivity contribution is 7.90. The Morgan fingerprint density at radius 3 is 2.43 bits per heavy atom. The maximum absolute atomic E-state index is 12.2. The Hall–Kier alpha value is -1.85. The van der Waals surface area contributed by atoms with Crippen molar-refractivity contribution in [1.29, 1.82) is 0 Å². The molecule has 21 heavy (non-hydrogen) atoms. The fourth-order valence-electron chi connectivity index (χ4n) is 1.90. The minimum absolute atomic E-state index is 0.0578. The topological polar surface area (TPSA) is 63.2 Å². The highest BCUT2D eigenvalue weighted by Gasteiger charge is 2.19. The van der Waals surface area contributed by atoms with Crippen molar-refractivity contribution in [2.45, 2.75) is 18.7 Å². The Labute approximate surface area is 128 Å². The van der Waals surface area contributed by atoms with Gasteiger partial charge in [-0.3, -0.25) is 4.79 Å². The molecule has 0 saturated heterocycles. The summed E-state index contributed by atoms with van der Waals surface area (Å²) in [7, 11) is -3.89. The van der Waals surface area contributed by atoms with Crippen molar-refractivity contribution in [2.24, 2.45) is 0 Å². The van der Waals surface area contributed by atoms with E-state index in [0.29, 0.717) is 10.6 Å². The van der Waals surface area contributed by atoms with Crippen LogP contribution in [0.5, 0.6) is 0 Å². The molecule has 0 atom stereocenters. The Balaban J connectivity index is 2.30. The molecule has 2 rings (SSSR count). The van der Waals surface area contributed by atoms with E-state index in [1.54, 1.807) is 38.1 Å². The molecule has 2 aromatic rings. The van der Waals surface area contributed by atoms with Gasteiger partial charge in [0.15, 0.2) is 0 Å². The molecule has 0 aromatic heterocycles. The molecule has 0 spiro atoms. The number of sulfonamides is 1. The molecular formula is C15H14ClNO3S. The van der Waals surface area contributed by atoms with Crippen molar-refractivity contribution in [3.05, 3.63) is 64.2 Å². The van der Waals surface area contributed by atoms with Crippen molar-refractivity contribution in [3.63, 3.8) is 0 Å². The number of benzene rings is 2. The van der Waals surface area contributed by atoms with Crippen LogP contribution in [0, 0.1) is 13.8 Å². The summed E-state index contributed by atoms with van der Waals surface area (Å²) >= 11 is 5.82. The van der Waals surface area contributed by atoms with Gasteiger partial charge in [-0.2, -0.15) is 0 Å². The van der Waals surface area contributed by atoms with Gasteiger partial charge in [-0.1, -0.05) is 23.7 Å². The number of rotatable bonds is 3. The summed E-state index contributed by atoms with van der Waals surface area (Å²) in [5.74, 6) is -0.675. The van der Waals surface area contributed by atoms with Gasteiger partial charge >= 0.3 is 0 Å². The molecule has 0 heterocycles. The smallest absolute Gasteiger partial charge is 0.265 e. The molecule has 6 heteroatoms. The first kappa shape index (κ1) is 15.5. The Kier molecular flexibility index (Phi) is 4.34. The number of amides is 1. The van der Waals surface area contributed by atoms with E-state index in [0.717, 1.165) is 5.56 Å². The molecule has 0 radical (unpaired) electrons. The van der Waals surface area contributed by atoms with Gasteiger partial charge in [0.2, 0.25) is 0 Å². The van der Waals surface area contributed by atoms with Gasteiger partial charge in [0, 0.05) is 10.6 Å². The standard InChI is InChI=1S/C15H14ClNO3S/c1-10-4-3-5-13(8-10)21(19,20)17-15(18)14-7-6-12(16)9-11(14)2/h3-9H,1-2H3,(H,17,18). The van der Waals surface area contributed by atoms with Crippen LogP contribution in [-0.2, 0) is 10.0 Å². The summed E-state index contributed by atoms with van der Waals surface area (Å²) in [4.78, 5) is 12.2. The number of nitrogens with one attached hydrogen (secondary N) is 1. The molecular weight excluding hydrogens is 310 g/mol. The third-order valence-corrected chi connectivity index (χ3v) is 4.52. The van der Waals surface area contributed by atoms with Crippen molar-refractivity contribution >= 4 is 27.5 Å². The van der Waals surface area contributed by atoms with Gasteiger partial charge in [0.25, 0.3) is 15.9 Å². The lowest BCUT2D eigenvalue weighted by Gasteiger charge is -2.09. The summed E-state index contributed by atoms with van der Waals surface area (Å²) < 4.78 is 26.4. The van der Waals surface area contributed by atoms with E-state index >= 15 is 0 Å². The maximum atomic E-state index is 12.2.